The Kier molecular flexibility index (Phi) is 5.58. The largest absolute Gasteiger partial charge is 0.385 e. The predicted molar refractivity (Wildman–Crippen MR) is 64.2 cm³/mol. The van der Waals surface area contributed by atoms with Gasteiger partial charge in [0.25, 0.3) is 0 Å². The van der Waals surface area contributed by atoms with Crippen LogP contribution in [-0.2, 0) is 4.74 Å². The quantitative estimate of drug-likeness (QED) is 0.675. The van der Waals surface area contributed by atoms with Crippen LogP contribution in [0, 0.1) is 5.41 Å². The highest BCUT2D eigenvalue weighted by atomic mass is 16.5. The third kappa shape index (κ3) is 4.96. The van der Waals surface area contributed by atoms with E-state index >= 15 is 0 Å². The summed E-state index contributed by atoms with van der Waals surface area (Å²) in [4.78, 5) is 2.45. The molecule has 0 aromatic heterocycles. The summed E-state index contributed by atoms with van der Waals surface area (Å²) in [6.07, 6.45) is 3.75. The molecule has 1 rings (SSSR count). The van der Waals surface area contributed by atoms with Gasteiger partial charge in [-0.3, -0.25) is 0 Å². The SMILES string of the molecule is COCCCN(C)CC1(C)CCNCC1. The molecule has 1 saturated heterocycles. The van der Waals surface area contributed by atoms with Crippen molar-refractivity contribution < 1.29 is 4.74 Å². The summed E-state index contributed by atoms with van der Waals surface area (Å²) in [5, 5.41) is 3.43. The maximum atomic E-state index is 5.07. The zero-order valence-electron chi connectivity index (χ0n) is 10.5. The van der Waals surface area contributed by atoms with E-state index in [9.17, 15) is 0 Å². The zero-order valence-corrected chi connectivity index (χ0v) is 10.5. The third-order valence-corrected chi connectivity index (χ3v) is 3.35. The molecule has 0 radical (unpaired) electrons. The van der Waals surface area contributed by atoms with Crippen LogP contribution in [0.15, 0.2) is 0 Å². The van der Waals surface area contributed by atoms with Crippen LogP contribution in [0.25, 0.3) is 0 Å². The van der Waals surface area contributed by atoms with Gasteiger partial charge in [0.2, 0.25) is 0 Å². The standard InChI is InChI=1S/C12H26N2O/c1-12(5-7-13-8-6-12)11-14(2)9-4-10-15-3/h13H,4-11H2,1-3H3. The summed E-state index contributed by atoms with van der Waals surface area (Å²) in [5.41, 5.74) is 0.521. The Labute approximate surface area is 94.2 Å². The van der Waals surface area contributed by atoms with Crippen LogP contribution in [0.1, 0.15) is 26.2 Å². The van der Waals surface area contributed by atoms with Crippen LogP contribution in [-0.4, -0.2) is 51.8 Å². The van der Waals surface area contributed by atoms with Crippen molar-refractivity contribution in [1.82, 2.24) is 10.2 Å². The molecule has 0 aromatic carbocycles. The van der Waals surface area contributed by atoms with Crippen LogP contribution in [0.5, 0.6) is 0 Å². The summed E-state index contributed by atoms with van der Waals surface area (Å²) in [6.45, 7) is 8.03. The molecular formula is C12H26N2O. The van der Waals surface area contributed by atoms with E-state index in [1.807, 2.05) is 0 Å². The average Bonchev–Trinajstić information content (AvgIpc) is 2.18. The predicted octanol–water partition coefficient (Wildman–Crippen LogP) is 1.34. The monoisotopic (exact) mass is 214 g/mol. The molecule has 1 fully saturated rings. The normalized spacial score (nSPS) is 20.8. The van der Waals surface area contributed by atoms with Crippen molar-refractivity contribution in [3.05, 3.63) is 0 Å². The second kappa shape index (κ2) is 6.46. The fourth-order valence-corrected chi connectivity index (χ4v) is 2.40. The molecule has 0 unspecified atom stereocenters. The van der Waals surface area contributed by atoms with E-state index in [1.54, 1.807) is 7.11 Å². The fourth-order valence-electron chi connectivity index (χ4n) is 2.40. The van der Waals surface area contributed by atoms with E-state index < -0.39 is 0 Å². The Morgan fingerprint density at radius 3 is 2.60 bits per heavy atom. The molecule has 1 aliphatic heterocycles. The van der Waals surface area contributed by atoms with Crippen molar-refractivity contribution in [3.8, 4) is 0 Å². The lowest BCUT2D eigenvalue weighted by Gasteiger charge is -2.37. The van der Waals surface area contributed by atoms with Gasteiger partial charge in [0.1, 0.15) is 0 Å². The second-order valence-electron chi connectivity index (χ2n) is 5.14. The molecule has 3 heteroatoms. The summed E-state index contributed by atoms with van der Waals surface area (Å²) >= 11 is 0. The first-order chi connectivity index (χ1) is 7.16. The van der Waals surface area contributed by atoms with Gasteiger partial charge in [0.15, 0.2) is 0 Å². The molecule has 0 atom stereocenters. The molecule has 0 saturated carbocycles. The van der Waals surface area contributed by atoms with Crippen molar-refractivity contribution in [2.24, 2.45) is 5.41 Å². The first kappa shape index (κ1) is 12.9. The first-order valence-corrected chi connectivity index (χ1v) is 6.04. The van der Waals surface area contributed by atoms with E-state index in [4.69, 9.17) is 4.74 Å². The molecule has 0 spiro atoms. The lowest BCUT2D eigenvalue weighted by Crippen LogP contribution is -2.42. The number of nitrogens with one attached hydrogen (secondary N) is 1. The lowest BCUT2D eigenvalue weighted by molar-refractivity contribution is 0.131. The summed E-state index contributed by atoms with van der Waals surface area (Å²) in [6, 6.07) is 0. The minimum absolute atomic E-state index is 0.521. The van der Waals surface area contributed by atoms with Crippen LogP contribution in [0.4, 0.5) is 0 Å². The molecule has 0 aromatic rings. The van der Waals surface area contributed by atoms with Gasteiger partial charge in [0, 0.05) is 26.8 Å². The van der Waals surface area contributed by atoms with Gasteiger partial charge >= 0.3 is 0 Å². The van der Waals surface area contributed by atoms with E-state index in [-0.39, 0.29) is 0 Å². The Morgan fingerprint density at radius 2 is 2.00 bits per heavy atom. The average molecular weight is 214 g/mol. The minimum atomic E-state index is 0.521. The van der Waals surface area contributed by atoms with Gasteiger partial charge in [-0.15, -0.1) is 0 Å². The number of ether oxygens (including phenoxy) is 1. The first-order valence-electron chi connectivity index (χ1n) is 6.04. The molecule has 1 aliphatic rings. The topological polar surface area (TPSA) is 24.5 Å². The Morgan fingerprint density at radius 1 is 1.33 bits per heavy atom. The van der Waals surface area contributed by atoms with Crippen molar-refractivity contribution in [2.45, 2.75) is 26.2 Å². The molecule has 15 heavy (non-hydrogen) atoms. The molecule has 1 heterocycles. The summed E-state index contributed by atoms with van der Waals surface area (Å²) < 4.78 is 5.07. The highest BCUT2D eigenvalue weighted by Crippen LogP contribution is 2.28. The van der Waals surface area contributed by atoms with E-state index in [0.717, 1.165) is 19.6 Å². The van der Waals surface area contributed by atoms with E-state index in [1.165, 1.54) is 32.5 Å². The number of hydrogen-bond donors (Lipinski definition) is 1. The molecule has 90 valence electrons. The highest BCUT2D eigenvalue weighted by molar-refractivity contribution is 4.82. The number of rotatable bonds is 6. The minimum Gasteiger partial charge on any atom is -0.385 e. The van der Waals surface area contributed by atoms with Gasteiger partial charge in [-0.2, -0.15) is 0 Å². The van der Waals surface area contributed by atoms with Gasteiger partial charge < -0.3 is 15.0 Å². The number of nitrogens with zero attached hydrogens (tertiary/aromatic N) is 1. The molecule has 0 amide bonds. The fraction of sp³-hybridized carbons (Fsp3) is 1.00. The second-order valence-corrected chi connectivity index (χ2v) is 5.14. The van der Waals surface area contributed by atoms with Crippen LogP contribution in [0.2, 0.25) is 0 Å². The van der Waals surface area contributed by atoms with Crippen molar-refractivity contribution in [2.75, 3.05) is 46.9 Å². The number of piperidine rings is 1. The highest BCUT2D eigenvalue weighted by Gasteiger charge is 2.27. The zero-order chi connectivity index (χ0) is 11.1. The molecule has 0 aliphatic carbocycles. The summed E-state index contributed by atoms with van der Waals surface area (Å²) in [5.74, 6) is 0. The van der Waals surface area contributed by atoms with E-state index in [0.29, 0.717) is 5.41 Å². The van der Waals surface area contributed by atoms with Gasteiger partial charge in [-0.1, -0.05) is 6.92 Å². The van der Waals surface area contributed by atoms with Crippen LogP contribution < -0.4 is 5.32 Å². The third-order valence-electron chi connectivity index (χ3n) is 3.35. The van der Waals surface area contributed by atoms with Crippen LogP contribution >= 0.6 is 0 Å². The molecule has 1 N–H and O–H groups in total. The van der Waals surface area contributed by atoms with Gasteiger partial charge in [-0.05, 0) is 44.8 Å². The van der Waals surface area contributed by atoms with Crippen LogP contribution in [0.3, 0.4) is 0 Å². The van der Waals surface area contributed by atoms with Crippen molar-refractivity contribution in [3.63, 3.8) is 0 Å². The van der Waals surface area contributed by atoms with E-state index in [2.05, 4.69) is 24.2 Å². The number of methoxy groups -OCH3 is 1. The van der Waals surface area contributed by atoms with Crippen molar-refractivity contribution >= 4 is 0 Å². The van der Waals surface area contributed by atoms with Gasteiger partial charge in [-0.25, -0.2) is 0 Å². The Balaban J connectivity index is 2.20. The van der Waals surface area contributed by atoms with Gasteiger partial charge in [0.05, 0.1) is 0 Å². The smallest absolute Gasteiger partial charge is 0.0474 e. The lowest BCUT2D eigenvalue weighted by atomic mass is 9.80. The Bertz CT molecular complexity index is 167. The number of hydrogen-bond acceptors (Lipinski definition) is 3. The molecular weight excluding hydrogens is 188 g/mol. The van der Waals surface area contributed by atoms with Crippen molar-refractivity contribution in [1.29, 1.82) is 0 Å². The molecule has 0 bridgehead atoms. The maximum Gasteiger partial charge on any atom is 0.0474 e. The maximum absolute atomic E-state index is 5.07. The Hall–Kier alpha value is -0.120. The molecule has 3 nitrogen and oxygen atoms in total. The summed E-state index contributed by atoms with van der Waals surface area (Å²) in [7, 11) is 4.00.